The summed E-state index contributed by atoms with van der Waals surface area (Å²) in [5, 5.41) is 0. The average molecular weight is 619 g/mol. The highest BCUT2D eigenvalue weighted by Crippen LogP contribution is 2.36. The lowest BCUT2D eigenvalue weighted by Crippen LogP contribution is -2.58. The van der Waals surface area contributed by atoms with Crippen LogP contribution in [0.25, 0.3) is 0 Å². The van der Waals surface area contributed by atoms with Crippen molar-refractivity contribution in [2.45, 2.75) is 68.7 Å². The van der Waals surface area contributed by atoms with Crippen LogP contribution in [0.15, 0.2) is 88.7 Å². The van der Waals surface area contributed by atoms with Crippen molar-refractivity contribution in [2.24, 2.45) is 11.8 Å². The van der Waals surface area contributed by atoms with E-state index in [4.69, 9.17) is 22.6 Å². The second-order valence-corrected chi connectivity index (χ2v) is 13.9. The minimum absolute atomic E-state index is 0.0129. The van der Waals surface area contributed by atoms with Gasteiger partial charge in [-0.2, -0.15) is 16.8 Å². The van der Waals surface area contributed by atoms with Crippen molar-refractivity contribution >= 4 is 20.2 Å². The zero-order valence-electron chi connectivity index (χ0n) is 24.4. The van der Waals surface area contributed by atoms with Gasteiger partial charge in [0.15, 0.2) is 6.29 Å². The molecule has 3 aromatic carbocycles. The second-order valence-electron chi connectivity index (χ2n) is 10.7. The van der Waals surface area contributed by atoms with Gasteiger partial charge in [0, 0.05) is 18.9 Å². The minimum atomic E-state index is -4.26. The molecule has 9 nitrogen and oxygen atoms in total. The Hall–Kier alpha value is -2.64. The topological polar surface area (TPSA) is 114 Å². The Labute approximate surface area is 249 Å². The van der Waals surface area contributed by atoms with E-state index in [1.165, 1.54) is 31.4 Å². The van der Waals surface area contributed by atoms with E-state index in [2.05, 4.69) is 0 Å². The van der Waals surface area contributed by atoms with Gasteiger partial charge in [-0.3, -0.25) is 8.37 Å². The number of hydrogen-bond acceptors (Lipinski definition) is 9. The molecule has 4 rings (SSSR count). The first-order valence-corrected chi connectivity index (χ1v) is 16.5. The molecule has 3 aromatic rings. The summed E-state index contributed by atoms with van der Waals surface area (Å²) in [6.45, 7) is 7.15. The van der Waals surface area contributed by atoms with E-state index in [9.17, 15) is 16.8 Å². The van der Waals surface area contributed by atoms with Gasteiger partial charge in [0.25, 0.3) is 20.2 Å². The lowest BCUT2D eigenvalue weighted by molar-refractivity contribution is -0.283. The third kappa shape index (κ3) is 7.84. The third-order valence-corrected chi connectivity index (χ3v) is 9.93. The van der Waals surface area contributed by atoms with Gasteiger partial charge in [-0.05, 0) is 43.7 Å². The van der Waals surface area contributed by atoms with E-state index >= 15 is 0 Å². The molecule has 1 saturated heterocycles. The number of ether oxygens (including phenoxy) is 3. The molecular weight excluding hydrogens is 580 g/mol. The Kier molecular flexibility index (Phi) is 10.6. The summed E-state index contributed by atoms with van der Waals surface area (Å²) in [4.78, 5) is 0.00750. The van der Waals surface area contributed by atoms with Gasteiger partial charge in [-0.25, -0.2) is 0 Å². The van der Waals surface area contributed by atoms with Crippen molar-refractivity contribution in [2.75, 3.05) is 13.7 Å². The summed E-state index contributed by atoms with van der Waals surface area (Å²) >= 11 is 0. The van der Waals surface area contributed by atoms with Gasteiger partial charge < -0.3 is 14.2 Å². The van der Waals surface area contributed by atoms with Crippen molar-refractivity contribution in [1.82, 2.24) is 0 Å². The van der Waals surface area contributed by atoms with E-state index in [-0.39, 0.29) is 23.0 Å². The highest BCUT2D eigenvalue weighted by atomic mass is 32.2. The van der Waals surface area contributed by atoms with Gasteiger partial charge in [0.2, 0.25) is 0 Å². The van der Waals surface area contributed by atoms with Crippen molar-refractivity contribution in [1.29, 1.82) is 0 Å². The molecule has 0 aliphatic carbocycles. The molecule has 0 radical (unpaired) electrons. The number of rotatable bonds is 12. The maximum atomic E-state index is 13.5. The van der Waals surface area contributed by atoms with Gasteiger partial charge in [-0.15, -0.1) is 0 Å². The number of methoxy groups -OCH3 is 1. The highest BCUT2D eigenvalue weighted by molar-refractivity contribution is 7.87. The molecule has 0 N–H and O–H groups in total. The normalized spacial score (nSPS) is 23.9. The zero-order valence-corrected chi connectivity index (χ0v) is 26.0. The summed E-state index contributed by atoms with van der Waals surface area (Å²) in [6, 6.07) is 22.1. The molecule has 1 heterocycles. The van der Waals surface area contributed by atoms with Crippen LogP contribution in [0.4, 0.5) is 0 Å². The third-order valence-electron chi connectivity index (χ3n) is 7.31. The molecule has 6 atom stereocenters. The van der Waals surface area contributed by atoms with E-state index < -0.39 is 56.7 Å². The van der Waals surface area contributed by atoms with Gasteiger partial charge in [0.1, 0.15) is 6.10 Å². The molecule has 0 saturated carbocycles. The Balaban J connectivity index is 1.63. The minimum Gasteiger partial charge on any atom is -0.370 e. The molecule has 0 aromatic heterocycles. The lowest BCUT2D eigenvalue weighted by Gasteiger charge is -2.46. The Morgan fingerprint density at radius 2 is 1.33 bits per heavy atom. The molecule has 0 unspecified atom stereocenters. The summed E-state index contributed by atoms with van der Waals surface area (Å²) in [5.74, 6) is -1.07. The first kappa shape index (κ1) is 32.3. The summed E-state index contributed by atoms with van der Waals surface area (Å²) in [6.07, 6.45) is -3.65. The largest absolute Gasteiger partial charge is 0.370 e. The number of benzene rings is 3. The standard InChI is InChI=1S/C31H38O9S2/c1-21-11-15-26(16-12-21)41(32,33)38-19-23(3)28-30(40-42(34,35)27-17-13-22(2)14-18-27)29(24(4)31(36-5)39-28)37-20-25-9-7-6-8-10-25/h6-18,23-24,28-31H,19-20H2,1-5H3/t23-,24-,28+,29-,30+,31-/m0/s1. The van der Waals surface area contributed by atoms with Gasteiger partial charge >= 0.3 is 0 Å². The number of hydrogen-bond donors (Lipinski definition) is 0. The van der Waals surface area contributed by atoms with E-state index in [0.717, 1.165) is 16.7 Å². The Morgan fingerprint density at radius 1 is 0.786 bits per heavy atom. The second kappa shape index (κ2) is 13.8. The monoisotopic (exact) mass is 618 g/mol. The predicted octanol–water partition coefficient (Wildman–Crippen LogP) is 5.01. The molecule has 42 heavy (non-hydrogen) atoms. The van der Waals surface area contributed by atoms with Crippen LogP contribution in [0.3, 0.4) is 0 Å². The van der Waals surface area contributed by atoms with Crippen molar-refractivity contribution < 1.29 is 39.4 Å². The van der Waals surface area contributed by atoms with Crippen LogP contribution >= 0.6 is 0 Å². The molecule has 1 aliphatic rings. The van der Waals surface area contributed by atoms with Crippen LogP contribution < -0.4 is 0 Å². The first-order chi connectivity index (χ1) is 19.9. The fourth-order valence-corrected chi connectivity index (χ4v) is 6.91. The van der Waals surface area contributed by atoms with E-state index in [0.29, 0.717) is 0 Å². The van der Waals surface area contributed by atoms with Crippen molar-refractivity contribution in [3.8, 4) is 0 Å². The van der Waals surface area contributed by atoms with Crippen LogP contribution in [0.2, 0.25) is 0 Å². The molecule has 228 valence electrons. The molecule has 1 fully saturated rings. The van der Waals surface area contributed by atoms with E-state index in [1.807, 2.05) is 51.1 Å². The van der Waals surface area contributed by atoms with E-state index in [1.54, 1.807) is 31.2 Å². The smallest absolute Gasteiger partial charge is 0.297 e. The Bertz CT molecular complexity index is 1510. The maximum absolute atomic E-state index is 13.5. The molecule has 0 amide bonds. The molecule has 0 spiro atoms. The quantitative estimate of drug-likeness (QED) is 0.258. The number of aryl methyl sites for hydroxylation is 2. The molecule has 1 aliphatic heterocycles. The molecule has 11 heteroatoms. The van der Waals surface area contributed by atoms with Crippen LogP contribution in [0.5, 0.6) is 0 Å². The molecular formula is C31H38O9S2. The fraction of sp³-hybridized carbons (Fsp3) is 0.419. The molecule has 0 bridgehead atoms. The predicted molar refractivity (Wildman–Crippen MR) is 157 cm³/mol. The lowest BCUT2D eigenvalue weighted by atomic mass is 9.87. The zero-order chi connectivity index (χ0) is 30.5. The van der Waals surface area contributed by atoms with Crippen molar-refractivity contribution in [3.63, 3.8) is 0 Å². The maximum Gasteiger partial charge on any atom is 0.297 e. The Morgan fingerprint density at radius 3 is 1.88 bits per heavy atom. The SMILES string of the molecule is CO[C@H]1O[C@H]([C@@H](C)COS(=O)(=O)c2ccc(C)cc2)[C@@H](OS(=O)(=O)c2ccc(C)cc2)[C@@H](OCc2ccccc2)[C@@H]1C. The van der Waals surface area contributed by atoms with Gasteiger partial charge in [-0.1, -0.05) is 79.6 Å². The van der Waals surface area contributed by atoms with Crippen LogP contribution in [0.1, 0.15) is 30.5 Å². The van der Waals surface area contributed by atoms with Crippen LogP contribution in [-0.2, 0) is 49.4 Å². The highest BCUT2D eigenvalue weighted by Gasteiger charge is 2.49. The summed E-state index contributed by atoms with van der Waals surface area (Å²) < 4.78 is 82.3. The van der Waals surface area contributed by atoms with Crippen molar-refractivity contribution in [3.05, 3.63) is 95.6 Å². The fourth-order valence-electron chi connectivity index (χ4n) is 4.82. The summed E-state index contributed by atoms with van der Waals surface area (Å²) in [5.41, 5.74) is 2.70. The van der Waals surface area contributed by atoms with Crippen LogP contribution in [-0.4, -0.2) is 55.2 Å². The average Bonchev–Trinajstić information content (AvgIpc) is 2.97. The summed E-state index contributed by atoms with van der Waals surface area (Å²) in [7, 11) is -6.85. The van der Waals surface area contributed by atoms with Gasteiger partial charge in [0.05, 0.1) is 35.2 Å². The van der Waals surface area contributed by atoms with Crippen LogP contribution in [0, 0.1) is 25.7 Å². The first-order valence-electron chi connectivity index (χ1n) is 13.7.